The molecule has 3 heteroatoms. The molecule has 0 aromatic heterocycles. The van der Waals surface area contributed by atoms with Gasteiger partial charge < -0.3 is 4.90 Å². The lowest BCUT2D eigenvalue weighted by Gasteiger charge is -2.37. The first kappa shape index (κ1) is 18.8. The number of piperazine rings is 1. The molecule has 2 heterocycles. The van der Waals surface area contributed by atoms with Gasteiger partial charge in [0.1, 0.15) is 0 Å². The maximum absolute atomic E-state index is 2.61. The molecule has 29 heavy (non-hydrogen) atoms. The Morgan fingerprint density at radius 1 is 0.759 bits per heavy atom. The predicted octanol–water partition coefficient (Wildman–Crippen LogP) is 5.71. The molecule has 0 amide bonds. The van der Waals surface area contributed by atoms with Crippen molar-refractivity contribution < 1.29 is 0 Å². The molecule has 148 valence electrons. The normalized spacial score (nSPS) is 17.2. The Morgan fingerprint density at radius 3 is 2.41 bits per heavy atom. The summed E-state index contributed by atoms with van der Waals surface area (Å²) in [6.07, 6.45) is 2.56. The number of benzene rings is 3. The van der Waals surface area contributed by atoms with Gasteiger partial charge in [0.25, 0.3) is 0 Å². The summed E-state index contributed by atoms with van der Waals surface area (Å²) in [7, 11) is 0. The Balaban J connectivity index is 1.24. The SMILES string of the molecule is c1ccc(-c2cccc(CN3CCN(c4cccc5c4SCCC5)CC3)c2)cc1. The lowest BCUT2D eigenvalue weighted by Crippen LogP contribution is -2.46. The van der Waals surface area contributed by atoms with Gasteiger partial charge in [0, 0.05) is 37.6 Å². The van der Waals surface area contributed by atoms with Crippen molar-refractivity contribution in [2.75, 3.05) is 36.8 Å². The maximum atomic E-state index is 2.61. The summed E-state index contributed by atoms with van der Waals surface area (Å²) in [6, 6.07) is 26.6. The quantitative estimate of drug-likeness (QED) is 0.553. The second-order valence-corrected chi connectivity index (χ2v) is 9.15. The van der Waals surface area contributed by atoms with E-state index in [1.807, 2.05) is 0 Å². The zero-order valence-corrected chi connectivity index (χ0v) is 17.7. The first-order valence-electron chi connectivity index (χ1n) is 10.7. The Labute approximate surface area is 178 Å². The topological polar surface area (TPSA) is 6.48 Å². The van der Waals surface area contributed by atoms with Gasteiger partial charge >= 0.3 is 0 Å². The minimum atomic E-state index is 1.04. The minimum Gasteiger partial charge on any atom is -0.368 e. The van der Waals surface area contributed by atoms with Gasteiger partial charge in [0.2, 0.25) is 0 Å². The highest BCUT2D eigenvalue weighted by molar-refractivity contribution is 7.99. The number of rotatable bonds is 4. The van der Waals surface area contributed by atoms with Crippen LogP contribution in [0.25, 0.3) is 11.1 Å². The average Bonchev–Trinajstić information content (AvgIpc) is 2.80. The van der Waals surface area contributed by atoms with E-state index >= 15 is 0 Å². The van der Waals surface area contributed by atoms with Gasteiger partial charge in [0.05, 0.1) is 5.69 Å². The third kappa shape index (κ3) is 4.22. The van der Waals surface area contributed by atoms with Crippen LogP contribution in [0.4, 0.5) is 5.69 Å². The van der Waals surface area contributed by atoms with Gasteiger partial charge in [-0.2, -0.15) is 0 Å². The summed E-state index contributed by atoms with van der Waals surface area (Å²) in [5.74, 6) is 1.27. The molecular formula is C26H28N2S. The van der Waals surface area contributed by atoms with Gasteiger partial charge in [-0.15, -0.1) is 11.8 Å². The number of fused-ring (bicyclic) bond motifs is 1. The number of nitrogens with zero attached hydrogens (tertiary/aromatic N) is 2. The molecule has 0 radical (unpaired) electrons. The van der Waals surface area contributed by atoms with Crippen LogP contribution in [0.15, 0.2) is 77.7 Å². The van der Waals surface area contributed by atoms with Crippen molar-refractivity contribution in [2.45, 2.75) is 24.3 Å². The van der Waals surface area contributed by atoms with E-state index in [0.29, 0.717) is 0 Å². The zero-order chi connectivity index (χ0) is 19.5. The lowest BCUT2D eigenvalue weighted by atomic mass is 10.0. The summed E-state index contributed by atoms with van der Waals surface area (Å²) in [4.78, 5) is 6.75. The summed E-state index contributed by atoms with van der Waals surface area (Å²) in [5, 5.41) is 0. The van der Waals surface area contributed by atoms with Gasteiger partial charge in [-0.25, -0.2) is 0 Å². The minimum absolute atomic E-state index is 1.04. The van der Waals surface area contributed by atoms with Crippen LogP contribution >= 0.6 is 11.8 Å². The lowest BCUT2D eigenvalue weighted by molar-refractivity contribution is 0.249. The number of hydrogen-bond donors (Lipinski definition) is 0. The molecule has 1 saturated heterocycles. The second-order valence-electron chi connectivity index (χ2n) is 8.05. The molecule has 3 aromatic carbocycles. The first-order valence-corrected chi connectivity index (χ1v) is 11.7. The Hall–Kier alpha value is -2.23. The van der Waals surface area contributed by atoms with E-state index < -0.39 is 0 Å². The molecule has 0 saturated carbocycles. The van der Waals surface area contributed by atoms with Crippen LogP contribution in [0.2, 0.25) is 0 Å². The largest absolute Gasteiger partial charge is 0.368 e. The summed E-state index contributed by atoms with van der Waals surface area (Å²) in [6.45, 7) is 5.54. The van der Waals surface area contributed by atoms with E-state index in [2.05, 4.69) is 94.4 Å². The number of aryl methyl sites for hydroxylation is 1. The summed E-state index contributed by atoms with van der Waals surface area (Å²) in [5.41, 5.74) is 7.05. The Kier molecular flexibility index (Phi) is 5.60. The number of anilines is 1. The molecule has 1 fully saturated rings. The molecule has 0 atom stereocenters. The van der Waals surface area contributed by atoms with E-state index in [4.69, 9.17) is 0 Å². The summed E-state index contributed by atoms with van der Waals surface area (Å²) >= 11 is 2.06. The highest BCUT2D eigenvalue weighted by Crippen LogP contribution is 2.38. The molecular weight excluding hydrogens is 372 g/mol. The van der Waals surface area contributed by atoms with Crippen molar-refractivity contribution in [1.29, 1.82) is 0 Å². The fraction of sp³-hybridized carbons (Fsp3) is 0.308. The standard InChI is InChI=1S/C26H28N2S/c1-2-8-22(9-3-1)24-11-4-7-21(19-24)20-27-14-16-28(17-15-27)25-13-5-10-23-12-6-18-29-26(23)25/h1-5,7-11,13,19H,6,12,14-18,20H2. The first-order chi connectivity index (χ1) is 14.4. The highest BCUT2D eigenvalue weighted by Gasteiger charge is 2.22. The fourth-order valence-electron chi connectivity index (χ4n) is 4.51. The van der Waals surface area contributed by atoms with Crippen molar-refractivity contribution >= 4 is 17.4 Å². The number of thioether (sulfide) groups is 1. The van der Waals surface area contributed by atoms with Gasteiger partial charge in [-0.05, 0) is 53.0 Å². The van der Waals surface area contributed by atoms with E-state index in [1.165, 1.54) is 41.0 Å². The monoisotopic (exact) mass is 400 g/mol. The maximum Gasteiger partial charge on any atom is 0.0508 e. The third-order valence-corrected chi connectivity index (χ3v) is 7.32. The zero-order valence-electron chi connectivity index (χ0n) is 16.9. The van der Waals surface area contributed by atoms with E-state index in [1.54, 1.807) is 10.5 Å². The van der Waals surface area contributed by atoms with Crippen molar-refractivity contribution in [1.82, 2.24) is 4.90 Å². The average molecular weight is 401 g/mol. The van der Waals surface area contributed by atoms with Crippen LogP contribution in [-0.2, 0) is 13.0 Å². The van der Waals surface area contributed by atoms with Gasteiger partial charge in [0.15, 0.2) is 0 Å². The Morgan fingerprint density at radius 2 is 1.55 bits per heavy atom. The van der Waals surface area contributed by atoms with Crippen molar-refractivity contribution in [2.24, 2.45) is 0 Å². The third-order valence-electron chi connectivity index (χ3n) is 6.07. The van der Waals surface area contributed by atoms with E-state index in [9.17, 15) is 0 Å². The van der Waals surface area contributed by atoms with E-state index in [0.717, 1.165) is 32.7 Å². The molecule has 0 bridgehead atoms. The molecule has 2 aliphatic rings. The molecule has 2 aliphatic heterocycles. The van der Waals surface area contributed by atoms with Crippen molar-refractivity contribution in [3.05, 3.63) is 83.9 Å². The second kappa shape index (κ2) is 8.64. The van der Waals surface area contributed by atoms with Crippen LogP contribution in [0.5, 0.6) is 0 Å². The molecule has 5 rings (SSSR count). The summed E-state index contributed by atoms with van der Waals surface area (Å²) < 4.78 is 0. The molecule has 2 nitrogen and oxygen atoms in total. The van der Waals surface area contributed by atoms with Gasteiger partial charge in [-0.3, -0.25) is 4.90 Å². The predicted molar refractivity (Wildman–Crippen MR) is 125 cm³/mol. The van der Waals surface area contributed by atoms with Crippen LogP contribution in [0.3, 0.4) is 0 Å². The smallest absolute Gasteiger partial charge is 0.0508 e. The highest BCUT2D eigenvalue weighted by atomic mass is 32.2. The van der Waals surface area contributed by atoms with Crippen molar-refractivity contribution in [3.8, 4) is 11.1 Å². The molecule has 0 spiro atoms. The molecule has 3 aromatic rings. The molecule has 0 N–H and O–H groups in total. The van der Waals surface area contributed by atoms with Crippen LogP contribution < -0.4 is 4.90 Å². The number of hydrogen-bond acceptors (Lipinski definition) is 3. The molecule has 0 aliphatic carbocycles. The van der Waals surface area contributed by atoms with Crippen LogP contribution in [0.1, 0.15) is 17.5 Å². The fourth-order valence-corrected chi connectivity index (χ4v) is 5.70. The van der Waals surface area contributed by atoms with Crippen molar-refractivity contribution in [3.63, 3.8) is 0 Å². The van der Waals surface area contributed by atoms with E-state index in [-0.39, 0.29) is 0 Å². The van der Waals surface area contributed by atoms with Crippen LogP contribution in [0, 0.1) is 0 Å². The molecule has 0 unspecified atom stereocenters. The van der Waals surface area contributed by atoms with Gasteiger partial charge in [-0.1, -0.05) is 60.7 Å². The Bertz CT molecular complexity index is 961. The van der Waals surface area contributed by atoms with Crippen LogP contribution in [-0.4, -0.2) is 36.8 Å².